The van der Waals surface area contributed by atoms with E-state index in [1.165, 1.54) is 5.52 Å². The smallest absolute Gasteiger partial charge is 0.0958 e. The molecule has 0 spiro atoms. The molecule has 0 atom stereocenters. The van der Waals surface area contributed by atoms with Gasteiger partial charge in [0.2, 0.25) is 0 Å². The molecule has 2 aromatic rings. The molecule has 0 saturated heterocycles. The molecule has 0 radical (unpaired) electrons. The van der Waals surface area contributed by atoms with E-state index in [0.29, 0.717) is 6.42 Å². The van der Waals surface area contributed by atoms with Crippen molar-refractivity contribution in [1.29, 1.82) is 5.26 Å². The zero-order chi connectivity index (χ0) is 10.5. The van der Waals surface area contributed by atoms with E-state index in [9.17, 15) is 0 Å². The number of hydrogen-bond acceptors (Lipinski definition) is 2. The molecule has 0 aliphatic heterocycles. The van der Waals surface area contributed by atoms with Crippen LogP contribution in [0.25, 0.3) is 11.0 Å². The molecule has 0 unspecified atom stereocenters. The molecule has 0 amide bonds. The van der Waals surface area contributed by atoms with E-state index in [0.717, 1.165) is 24.9 Å². The van der Waals surface area contributed by atoms with E-state index in [1.807, 2.05) is 24.5 Å². The standard InChI is InChI=1S/C12H13N3/c13-8-4-1-5-9-15-10-14-11-6-2-3-7-12(11)15/h2-3,6-7,10H,1,4-5,9H2. The SMILES string of the molecule is N#CCCCCn1cnc2ccccc21. The molecule has 0 aliphatic rings. The van der Waals surface area contributed by atoms with Gasteiger partial charge in [-0.05, 0) is 25.0 Å². The number of imidazole rings is 1. The monoisotopic (exact) mass is 199 g/mol. The van der Waals surface area contributed by atoms with Crippen LogP contribution in [0.2, 0.25) is 0 Å². The lowest BCUT2D eigenvalue weighted by Gasteiger charge is -2.02. The lowest BCUT2D eigenvalue weighted by molar-refractivity contribution is 0.628. The first-order valence-electron chi connectivity index (χ1n) is 5.18. The molecule has 0 bridgehead atoms. The van der Waals surface area contributed by atoms with Crippen LogP contribution in [-0.4, -0.2) is 9.55 Å². The molecule has 3 heteroatoms. The van der Waals surface area contributed by atoms with Crippen molar-refractivity contribution < 1.29 is 0 Å². The maximum Gasteiger partial charge on any atom is 0.0958 e. The van der Waals surface area contributed by atoms with Crippen LogP contribution in [0.4, 0.5) is 0 Å². The van der Waals surface area contributed by atoms with Crippen LogP contribution in [0.1, 0.15) is 19.3 Å². The van der Waals surface area contributed by atoms with E-state index in [1.54, 1.807) is 0 Å². The molecule has 3 nitrogen and oxygen atoms in total. The minimum Gasteiger partial charge on any atom is -0.331 e. The average molecular weight is 199 g/mol. The van der Waals surface area contributed by atoms with Crippen LogP contribution >= 0.6 is 0 Å². The lowest BCUT2D eigenvalue weighted by Crippen LogP contribution is -1.95. The van der Waals surface area contributed by atoms with E-state index >= 15 is 0 Å². The number of unbranched alkanes of at least 4 members (excludes halogenated alkanes) is 2. The Hall–Kier alpha value is -1.82. The predicted molar refractivity (Wildman–Crippen MR) is 59.2 cm³/mol. The summed E-state index contributed by atoms with van der Waals surface area (Å²) in [6.07, 6.45) is 4.51. The van der Waals surface area contributed by atoms with Gasteiger partial charge in [-0.3, -0.25) is 0 Å². The van der Waals surface area contributed by atoms with Crippen LogP contribution in [0.3, 0.4) is 0 Å². The Labute approximate surface area is 89.0 Å². The molecule has 15 heavy (non-hydrogen) atoms. The van der Waals surface area contributed by atoms with Crippen molar-refractivity contribution in [1.82, 2.24) is 9.55 Å². The topological polar surface area (TPSA) is 41.6 Å². The van der Waals surface area contributed by atoms with Crippen LogP contribution in [0.5, 0.6) is 0 Å². The fraction of sp³-hybridized carbons (Fsp3) is 0.333. The van der Waals surface area contributed by atoms with Crippen molar-refractivity contribution in [3.63, 3.8) is 0 Å². The normalized spacial score (nSPS) is 10.3. The van der Waals surface area contributed by atoms with Crippen LogP contribution in [0, 0.1) is 11.3 Å². The molecule has 0 aliphatic carbocycles. The largest absolute Gasteiger partial charge is 0.331 e. The van der Waals surface area contributed by atoms with Crippen molar-refractivity contribution >= 4 is 11.0 Å². The Kier molecular flexibility index (Phi) is 2.99. The molecule has 0 fully saturated rings. The van der Waals surface area contributed by atoms with Gasteiger partial charge in [0.25, 0.3) is 0 Å². The average Bonchev–Trinajstić information content (AvgIpc) is 2.68. The first-order valence-corrected chi connectivity index (χ1v) is 5.18. The number of rotatable bonds is 4. The minimum atomic E-state index is 0.645. The van der Waals surface area contributed by atoms with Crippen molar-refractivity contribution in [2.24, 2.45) is 0 Å². The Balaban J connectivity index is 2.05. The summed E-state index contributed by atoms with van der Waals surface area (Å²) in [5.74, 6) is 0. The number of benzene rings is 1. The Bertz CT molecular complexity index is 479. The summed E-state index contributed by atoms with van der Waals surface area (Å²) < 4.78 is 2.15. The van der Waals surface area contributed by atoms with Gasteiger partial charge in [0.1, 0.15) is 0 Å². The first-order chi connectivity index (χ1) is 7.42. The third kappa shape index (κ3) is 2.16. The summed E-state index contributed by atoms with van der Waals surface area (Å²) in [6, 6.07) is 10.3. The van der Waals surface area contributed by atoms with Gasteiger partial charge in [-0.1, -0.05) is 12.1 Å². The number of aromatic nitrogens is 2. The van der Waals surface area contributed by atoms with Gasteiger partial charge in [0, 0.05) is 13.0 Å². The molecule has 76 valence electrons. The number of para-hydroxylation sites is 2. The fourth-order valence-electron chi connectivity index (χ4n) is 1.67. The second kappa shape index (κ2) is 4.61. The zero-order valence-electron chi connectivity index (χ0n) is 8.56. The molecule has 1 aromatic heterocycles. The molecule has 0 saturated carbocycles. The molecular formula is C12H13N3. The Morgan fingerprint density at radius 2 is 2.13 bits per heavy atom. The van der Waals surface area contributed by atoms with E-state index in [-0.39, 0.29) is 0 Å². The van der Waals surface area contributed by atoms with E-state index in [2.05, 4.69) is 21.7 Å². The van der Waals surface area contributed by atoms with Crippen LogP contribution in [-0.2, 0) is 6.54 Å². The van der Waals surface area contributed by atoms with Crippen LogP contribution < -0.4 is 0 Å². The summed E-state index contributed by atoms with van der Waals surface area (Å²) in [5, 5.41) is 8.43. The summed E-state index contributed by atoms with van der Waals surface area (Å²) >= 11 is 0. The van der Waals surface area contributed by atoms with Crippen molar-refractivity contribution in [2.45, 2.75) is 25.8 Å². The quantitative estimate of drug-likeness (QED) is 0.710. The summed E-state index contributed by atoms with van der Waals surface area (Å²) in [7, 11) is 0. The number of fused-ring (bicyclic) bond motifs is 1. The molecular weight excluding hydrogens is 186 g/mol. The number of nitriles is 1. The lowest BCUT2D eigenvalue weighted by atomic mass is 10.2. The first kappa shape index (κ1) is 9.72. The molecule has 1 heterocycles. The summed E-state index contributed by atoms with van der Waals surface area (Å²) in [6.45, 7) is 0.947. The highest BCUT2D eigenvalue weighted by Gasteiger charge is 1.99. The van der Waals surface area contributed by atoms with E-state index in [4.69, 9.17) is 5.26 Å². The summed E-state index contributed by atoms with van der Waals surface area (Å²) in [4.78, 5) is 4.32. The van der Waals surface area contributed by atoms with Gasteiger partial charge in [0.15, 0.2) is 0 Å². The highest BCUT2D eigenvalue weighted by molar-refractivity contribution is 5.74. The Morgan fingerprint density at radius 1 is 1.27 bits per heavy atom. The van der Waals surface area contributed by atoms with Crippen molar-refractivity contribution in [2.75, 3.05) is 0 Å². The summed E-state index contributed by atoms with van der Waals surface area (Å²) in [5.41, 5.74) is 2.22. The maximum absolute atomic E-state index is 8.43. The highest BCUT2D eigenvalue weighted by atomic mass is 15.0. The van der Waals surface area contributed by atoms with Gasteiger partial charge in [-0.15, -0.1) is 0 Å². The van der Waals surface area contributed by atoms with Crippen molar-refractivity contribution in [3.05, 3.63) is 30.6 Å². The van der Waals surface area contributed by atoms with Crippen LogP contribution in [0.15, 0.2) is 30.6 Å². The van der Waals surface area contributed by atoms with Gasteiger partial charge in [-0.25, -0.2) is 4.98 Å². The van der Waals surface area contributed by atoms with E-state index < -0.39 is 0 Å². The molecule has 1 aromatic carbocycles. The third-order valence-electron chi connectivity index (χ3n) is 2.46. The van der Waals surface area contributed by atoms with Gasteiger partial charge in [0.05, 0.1) is 23.4 Å². The second-order valence-electron chi connectivity index (χ2n) is 3.54. The zero-order valence-corrected chi connectivity index (χ0v) is 8.56. The third-order valence-corrected chi connectivity index (χ3v) is 2.46. The number of aryl methyl sites for hydroxylation is 1. The fourth-order valence-corrected chi connectivity index (χ4v) is 1.67. The van der Waals surface area contributed by atoms with Gasteiger partial charge >= 0.3 is 0 Å². The van der Waals surface area contributed by atoms with Crippen molar-refractivity contribution in [3.8, 4) is 6.07 Å². The number of hydrogen-bond donors (Lipinski definition) is 0. The maximum atomic E-state index is 8.43. The second-order valence-corrected chi connectivity index (χ2v) is 3.54. The number of nitrogens with zero attached hydrogens (tertiary/aromatic N) is 3. The predicted octanol–water partition coefficient (Wildman–Crippen LogP) is 2.73. The van der Waals surface area contributed by atoms with Gasteiger partial charge < -0.3 is 4.57 Å². The highest BCUT2D eigenvalue weighted by Crippen LogP contribution is 2.12. The Morgan fingerprint density at radius 3 is 3.00 bits per heavy atom. The minimum absolute atomic E-state index is 0.645. The van der Waals surface area contributed by atoms with Gasteiger partial charge in [-0.2, -0.15) is 5.26 Å². The molecule has 0 N–H and O–H groups in total. The molecule has 2 rings (SSSR count).